The van der Waals surface area contributed by atoms with Crippen LogP contribution in [0.25, 0.3) is 10.9 Å². The van der Waals surface area contributed by atoms with Crippen molar-refractivity contribution in [2.75, 3.05) is 0 Å². The van der Waals surface area contributed by atoms with Crippen molar-refractivity contribution in [2.45, 2.75) is 142 Å². The Morgan fingerprint density at radius 1 is 0.542 bits per heavy atom. The van der Waals surface area contributed by atoms with Crippen molar-refractivity contribution in [3.8, 4) is 5.75 Å². The number of hydrogen-bond acceptors (Lipinski definition) is 12. The summed E-state index contributed by atoms with van der Waals surface area (Å²) in [5.41, 5.74) is 7.76. The summed E-state index contributed by atoms with van der Waals surface area (Å²) in [5.74, 6) is -11.4. The smallest absolute Gasteiger partial charge is 0.326 e. The summed E-state index contributed by atoms with van der Waals surface area (Å²) in [6.07, 6.45) is -0.320. The highest BCUT2D eigenvalue weighted by atomic mass is 16.4. The Kier molecular flexibility index (Phi) is 22.6. The zero-order valence-corrected chi connectivity index (χ0v) is 41.4. The Hall–Kier alpha value is -7.56. The third kappa shape index (κ3) is 18.6. The van der Waals surface area contributed by atoms with E-state index in [1.807, 2.05) is 12.1 Å². The van der Waals surface area contributed by atoms with E-state index in [4.69, 9.17) is 10.8 Å². The van der Waals surface area contributed by atoms with Gasteiger partial charge >= 0.3 is 17.9 Å². The predicted octanol–water partition coefficient (Wildman–Crippen LogP) is 0.572. The molecule has 1 heterocycles. The van der Waals surface area contributed by atoms with Crippen LogP contribution < -0.4 is 43.0 Å². The second kappa shape index (κ2) is 27.7. The number of hydrogen-bond donors (Lipinski definition) is 13. The number of carbonyl (C=O) groups excluding carboxylic acids is 7. The van der Waals surface area contributed by atoms with Gasteiger partial charge in [-0.2, -0.15) is 0 Å². The number of phenolic OH excluding ortho intramolecular Hbond substituents is 1. The van der Waals surface area contributed by atoms with Crippen LogP contribution in [-0.4, -0.2) is 133 Å². The van der Waals surface area contributed by atoms with Crippen LogP contribution in [0, 0.1) is 17.8 Å². The molecular formula is C49H69N9O14. The molecule has 0 aliphatic rings. The normalized spacial score (nSPS) is 14.7. The number of carbonyl (C=O) groups is 10. The molecule has 0 radical (unpaired) electrons. The van der Waals surface area contributed by atoms with Crippen molar-refractivity contribution in [1.29, 1.82) is 0 Å². The van der Waals surface area contributed by atoms with Gasteiger partial charge in [0.25, 0.3) is 0 Å². The van der Waals surface area contributed by atoms with Gasteiger partial charge in [-0.25, -0.2) is 4.79 Å². The van der Waals surface area contributed by atoms with E-state index >= 15 is 0 Å². The van der Waals surface area contributed by atoms with Gasteiger partial charge in [-0.15, -0.1) is 0 Å². The molecule has 0 saturated carbocycles. The molecule has 3 rings (SSSR count). The lowest BCUT2D eigenvalue weighted by molar-refractivity contribution is -0.142. The number of amides is 7. The number of aromatic amines is 1. The fourth-order valence-corrected chi connectivity index (χ4v) is 7.50. The maximum Gasteiger partial charge on any atom is 0.326 e. The van der Waals surface area contributed by atoms with E-state index in [2.05, 4.69) is 42.2 Å². The molecule has 72 heavy (non-hydrogen) atoms. The van der Waals surface area contributed by atoms with E-state index in [1.54, 1.807) is 59.9 Å². The van der Waals surface area contributed by atoms with E-state index < -0.39 is 139 Å². The molecule has 0 aliphatic heterocycles. The zero-order valence-electron chi connectivity index (χ0n) is 41.4. The summed E-state index contributed by atoms with van der Waals surface area (Å²) < 4.78 is 0. The van der Waals surface area contributed by atoms with Gasteiger partial charge in [0.1, 0.15) is 48.0 Å². The predicted molar refractivity (Wildman–Crippen MR) is 261 cm³/mol. The molecule has 0 bridgehead atoms. The van der Waals surface area contributed by atoms with Gasteiger partial charge in [0.2, 0.25) is 41.4 Å². The molecule has 7 amide bonds. The lowest BCUT2D eigenvalue weighted by atomic mass is 9.98. The number of carboxylic acids is 3. The largest absolute Gasteiger partial charge is 0.508 e. The Labute approximate surface area is 416 Å². The van der Waals surface area contributed by atoms with Crippen LogP contribution in [0.3, 0.4) is 0 Å². The average Bonchev–Trinajstić information content (AvgIpc) is 3.71. The number of aromatic hydroxyl groups is 1. The molecule has 0 spiro atoms. The van der Waals surface area contributed by atoms with Crippen LogP contribution >= 0.6 is 0 Å². The van der Waals surface area contributed by atoms with Gasteiger partial charge in [0.05, 0.1) is 6.04 Å². The maximum atomic E-state index is 14.2. The van der Waals surface area contributed by atoms with Crippen molar-refractivity contribution in [2.24, 2.45) is 23.5 Å². The van der Waals surface area contributed by atoms with E-state index in [-0.39, 0.29) is 37.4 Å². The van der Waals surface area contributed by atoms with Crippen LogP contribution in [0.4, 0.5) is 0 Å². The summed E-state index contributed by atoms with van der Waals surface area (Å²) in [6, 6.07) is 2.00. The van der Waals surface area contributed by atoms with Crippen LogP contribution in [0.15, 0.2) is 54.7 Å². The first kappa shape index (κ1) is 58.8. The number of phenols is 1. The van der Waals surface area contributed by atoms with Crippen molar-refractivity contribution >= 4 is 70.2 Å². The van der Waals surface area contributed by atoms with Gasteiger partial charge in [0.15, 0.2) is 0 Å². The number of rotatable bonds is 29. The molecular weight excluding hydrogens is 939 g/mol. The van der Waals surface area contributed by atoms with Crippen LogP contribution in [0.2, 0.25) is 0 Å². The van der Waals surface area contributed by atoms with Gasteiger partial charge in [-0.1, -0.05) is 71.9 Å². The zero-order chi connectivity index (χ0) is 54.0. The van der Waals surface area contributed by atoms with E-state index in [9.17, 15) is 63.3 Å². The molecule has 2 aromatic carbocycles. The number of nitrogens with two attached hydrogens (primary N) is 1. The fraction of sp³-hybridized carbons (Fsp3) is 0.510. The maximum absolute atomic E-state index is 14.2. The highest BCUT2D eigenvalue weighted by Crippen LogP contribution is 2.20. The number of nitrogens with one attached hydrogen (secondary N) is 8. The lowest BCUT2D eigenvalue weighted by Gasteiger charge is -2.29. The first-order valence-electron chi connectivity index (χ1n) is 23.6. The fourth-order valence-electron chi connectivity index (χ4n) is 7.50. The first-order valence-corrected chi connectivity index (χ1v) is 23.6. The molecule has 0 fully saturated rings. The second-order valence-corrected chi connectivity index (χ2v) is 18.8. The number of aromatic nitrogens is 1. The molecule has 23 heteroatoms. The van der Waals surface area contributed by atoms with Crippen molar-refractivity contribution in [3.63, 3.8) is 0 Å². The van der Waals surface area contributed by atoms with Crippen LogP contribution in [0.5, 0.6) is 5.75 Å². The van der Waals surface area contributed by atoms with Crippen molar-refractivity contribution < 1.29 is 68.4 Å². The van der Waals surface area contributed by atoms with Crippen molar-refractivity contribution in [1.82, 2.24) is 42.2 Å². The van der Waals surface area contributed by atoms with E-state index in [0.29, 0.717) is 11.1 Å². The minimum absolute atomic E-state index is 0.0222. The number of aliphatic carboxylic acids is 3. The van der Waals surface area contributed by atoms with Gasteiger partial charge < -0.3 is 68.4 Å². The highest BCUT2D eigenvalue weighted by Gasteiger charge is 2.35. The third-order valence-electron chi connectivity index (χ3n) is 11.6. The highest BCUT2D eigenvalue weighted by molar-refractivity contribution is 5.98. The van der Waals surface area contributed by atoms with Gasteiger partial charge in [0, 0.05) is 42.8 Å². The number of fused-ring (bicyclic) bond motifs is 1. The lowest BCUT2D eigenvalue weighted by Crippen LogP contribution is -2.61. The first-order chi connectivity index (χ1) is 33.8. The average molecular weight is 1010 g/mol. The number of H-pyrrole nitrogens is 1. The summed E-state index contributed by atoms with van der Waals surface area (Å²) in [6.45, 7) is 11.2. The Morgan fingerprint density at radius 3 is 1.60 bits per heavy atom. The quantitative estimate of drug-likeness (QED) is 0.0452. The Balaban J connectivity index is 1.80. The van der Waals surface area contributed by atoms with E-state index in [1.165, 1.54) is 31.2 Å². The molecule has 394 valence electrons. The standard InChI is InChI=1S/C49H69N9O14/c1-24(2)20-35(54-46(68)36(21-28-12-14-30(59)15-13-28)55-47(69)41(26(5)6)58-43(65)32(50)16-18-38(60)61)45(67)53-34(17-19-39(62)63)44(66)52-27(7)42(64)57-40(25(3)4)48(70)56-37(49(71)72)22-29-23-51-33-11-9-8-10-31(29)33/h8-15,23-27,32,34-37,40-41,51,59H,16-22,50H2,1-7H3,(H,52,66)(H,53,67)(H,54,68)(H,55,69)(H,56,70)(H,57,64)(H,58,65)(H,60,61)(H,62,63)(H,71,72)/t27-,32-,34-,35-,36-,37-,40-,41-/m0/s1. The summed E-state index contributed by atoms with van der Waals surface area (Å²) in [7, 11) is 0. The monoisotopic (exact) mass is 1010 g/mol. The van der Waals surface area contributed by atoms with Crippen LogP contribution in [-0.2, 0) is 60.8 Å². The topological polar surface area (TPSA) is 378 Å². The van der Waals surface area contributed by atoms with E-state index in [0.717, 1.165) is 10.9 Å². The molecule has 0 aliphatic carbocycles. The third-order valence-corrected chi connectivity index (χ3v) is 11.6. The van der Waals surface area contributed by atoms with Gasteiger partial charge in [-0.05, 0) is 73.3 Å². The molecule has 0 unspecified atom stereocenters. The number of carboxylic acid groups (broad SMARTS) is 3. The van der Waals surface area contributed by atoms with Crippen molar-refractivity contribution in [3.05, 3.63) is 65.9 Å². The Morgan fingerprint density at radius 2 is 1.04 bits per heavy atom. The van der Waals surface area contributed by atoms with Gasteiger partial charge in [-0.3, -0.25) is 43.2 Å². The molecule has 23 nitrogen and oxygen atoms in total. The minimum atomic E-state index is -1.58. The number of para-hydroxylation sites is 1. The summed E-state index contributed by atoms with van der Waals surface area (Å²) >= 11 is 0. The molecule has 14 N–H and O–H groups in total. The molecule has 8 atom stereocenters. The van der Waals surface area contributed by atoms with Crippen LogP contribution in [0.1, 0.15) is 91.7 Å². The SMILES string of the molecule is CC(C)C[C@H](NC(=O)[C@H](Cc1ccc(O)cc1)NC(=O)[C@@H](NC(=O)[C@@H](N)CCC(=O)O)C(C)C)C(=O)N[C@@H](CCC(=O)O)C(=O)N[C@@H](C)C(=O)N[C@H](C(=O)N[C@@H](Cc1c[nH]c2ccccc12)C(=O)O)C(C)C. The molecule has 0 saturated heterocycles. The summed E-state index contributed by atoms with van der Waals surface area (Å²) in [4.78, 5) is 134. The molecule has 3 aromatic rings. The summed E-state index contributed by atoms with van der Waals surface area (Å²) in [5, 5.41) is 56.9. The number of benzene rings is 2. The Bertz CT molecular complexity index is 2400. The second-order valence-electron chi connectivity index (χ2n) is 18.8. The molecule has 1 aromatic heterocycles. The minimum Gasteiger partial charge on any atom is -0.508 e.